The summed E-state index contributed by atoms with van der Waals surface area (Å²) in [5.74, 6) is 0. The van der Waals surface area contributed by atoms with Gasteiger partial charge in [-0.05, 0) is 48.7 Å². The van der Waals surface area contributed by atoms with Crippen molar-refractivity contribution in [3.05, 3.63) is 64.2 Å². The molecular weight excluding hydrogens is 406 g/mol. The molecule has 0 aliphatic rings. The third-order valence-corrected chi connectivity index (χ3v) is 4.44. The molecule has 1 N–H and O–H groups in total. The van der Waals surface area contributed by atoms with Gasteiger partial charge in [0.1, 0.15) is 0 Å². The standard InChI is InChI=1S/C18H16F6N2OS/c1-10-3-4-12(5-11(10)2)9-25-16(27)26(28)15-7-13(17(19,20)21)6-14(8-15)18(22,23)24/h3-8,28H,9H2,1-2H3,(H,25,27). The number of carbonyl (C=O) groups excluding carboxylic acids is 1. The second kappa shape index (κ2) is 7.94. The third kappa shape index (κ3) is 5.34. The summed E-state index contributed by atoms with van der Waals surface area (Å²) in [6.45, 7) is 3.80. The Labute approximate surface area is 162 Å². The lowest BCUT2D eigenvalue weighted by Crippen LogP contribution is -2.34. The van der Waals surface area contributed by atoms with Crippen LogP contribution in [0.3, 0.4) is 0 Å². The number of hydrogen-bond acceptors (Lipinski definition) is 2. The molecule has 0 bridgehead atoms. The number of alkyl halides is 6. The molecule has 28 heavy (non-hydrogen) atoms. The summed E-state index contributed by atoms with van der Waals surface area (Å²) in [5.41, 5.74) is -0.977. The predicted octanol–water partition coefficient (Wildman–Crippen LogP) is 5.90. The van der Waals surface area contributed by atoms with Crippen LogP contribution in [0.4, 0.5) is 36.8 Å². The number of aryl methyl sites for hydroxylation is 2. The van der Waals surface area contributed by atoms with Crippen LogP contribution in [0.25, 0.3) is 0 Å². The Morgan fingerprint density at radius 3 is 1.93 bits per heavy atom. The van der Waals surface area contributed by atoms with Crippen molar-refractivity contribution in [1.82, 2.24) is 5.32 Å². The highest BCUT2D eigenvalue weighted by Crippen LogP contribution is 2.38. The number of urea groups is 1. The second-order valence-electron chi connectivity index (χ2n) is 6.15. The fourth-order valence-electron chi connectivity index (χ4n) is 2.34. The van der Waals surface area contributed by atoms with Gasteiger partial charge in [0.25, 0.3) is 0 Å². The second-order valence-corrected chi connectivity index (χ2v) is 6.55. The zero-order valence-electron chi connectivity index (χ0n) is 14.7. The molecule has 0 saturated carbocycles. The van der Waals surface area contributed by atoms with Gasteiger partial charge in [-0.2, -0.15) is 26.3 Å². The normalized spacial score (nSPS) is 12.0. The Hall–Kier alpha value is -2.36. The van der Waals surface area contributed by atoms with Crippen LogP contribution in [0.5, 0.6) is 0 Å². The molecule has 152 valence electrons. The Bertz CT molecular complexity index is 847. The first-order chi connectivity index (χ1) is 12.8. The van der Waals surface area contributed by atoms with Crippen molar-refractivity contribution in [2.45, 2.75) is 32.7 Å². The molecule has 0 saturated heterocycles. The van der Waals surface area contributed by atoms with Crippen molar-refractivity contribution in [2.24, 2.45) is 0 Å². The van der Waals surface area contributed by atoms with E-state index in [9.17, 15) is 31.1 Å². The zero-order valence-corrected chi connectivity index (χ0v) is 15.6. The molecule has 0 unspecified atom stereocenters. The minimum Gasteiger partial charge on any atom is -0.333 e. The van der Waals surface area contributed by atoms with Crippen LogP contribution in [0.1, 0.15) is 27.8 Å². The number of nitrogens with one attached hydrogen (secondary N) is 1. The maximum atomic E-state index is 12.9. The highest BCUT2D eigenvalue weighted by Gasteiger charge is 2.37. The van der Waals surface area contributed by atoms with Gasteiger partial charge in [-0.1, -0.05) is 31.0 Å². The summed E-state index contributed by atoms with van der Waals surface area (Å²) in [6, 6.07) is 5.27. The number of anilines is 1. The average molecular weight is 422 g/mol. The summed E-state index contributed by atoms with van der Waals surface area (Å²) in [4.78, 5) is 12.2. The summed E-state index contributed by atoms with van der Waals surface area (Å²) in [5, 5.41) is 2.41. The van der Waals surface area contributed by atoms with Gasteiger partial charge >= 0.3 is 18.4 Å². The summed E-state index contributed by atoms with van der Waals surface area (Å²) in [6.07, 6.45) is -10.0. The monoisotopic (exact) mass is 422 g/mol. The summed E-state index contributed by atoms with van der Waals surface area (Å²) >= 11 is 3.77. The van der Waals surface area contributed by atoms with Crippen LogP contribution in [0, 0.1) is 13.8 Å². The lowest BCUT2D eigenvalue weighted by molar-refractivity contribution is -0.143. The number of benzene rings is 2. The smallest absolute Gasteiger partial charge is 0.333 e. The molecule has 0 atom stereocenters. The molecule has 10 heteroatoms. The molecular formula is C18H16F6N2OS. The van der Waals surface area contributed by atoms with Gasteiger partial charge in [-0.15, -0.1) is 0 Å². The van der Waals surface area contributed by atoms with Crippen LogP contribution in [-0.4, -0.2) is 6.03 Å². The summed E-state index contributed by atoms with van der Waals surface area (Å²) in [7, 11) is 0. The zero-order chi connectivity index (χ0) is 21.3. The van der Waals surface area contributed by atoms with Crippen molar-refractivity contribution in [3.63, 3.8) is 0 Å². The number of nitrogens with zero attached hydrogens (tertiary/aromatic N) is 1. The lowest BCUT2D eigenvalue weighted by atomic mass is 10.1. The van der Waals surface area contributed by atoms with E-state index in [4.69, 9.17) is 0 Å². The van der Waals surface area contributed by atoms with Crippen LogP contribution >= 0.6 is 12.8 Å². The van der Waals surface area contributed by atoms with Gasteiger partial charge < -0.3 is 5.32 Å². The lowest BCUT2D eigenvalue weighted by Gasteiger charge is -2.20. The van der Waals surface area contributed by atoms with Crippen molar-refractivity contribution in [2.75, 3.05) is 4.31 Å². The van der Waals surface area contributed by atoms with Gasteiger partial charge in [0, 0.05) is 6.54 Å². The van der Waals surface area contributed by atoms with Crippen molar-refractivity contribution in [1.29, 1.82) is 0 Å². The average Bonchev–Trinajstić information content (AvgIpc) is 2.60. The fourth-order valence-corrected chi connectivity index (χ4v) is 2.53. The largest absolute Gasteiger partial charge is 0.416 e. The SMILES string of the molecule is Cc1ccc(CNC(=O)N(S)c2cc(C(F)(F)F)cc(C(F)(F)F)c2)cc1C. The molecule has 2 aromatic carbocycles. The Morgan fingerprint density at radius 2 is 1.46 bits per heavy atom. The molecule has 0 aliphatic carbocycles. The van der Waals surface area contributed by atoms with E-state index < -0.39 is 35.2 Å². The van der Waals surface area contributed by atoms with E-state index in [1.54, 1.807) is 6.07 Å². The first-order valence-corrected chi connectivity index (χ1v) is 8.31. The van der Waals surface area contributed by atoms with E-state index in [1.165, 1.54) is 0 Å². The Balaban J connectivity index is 2.25. The molecule has 0 aliphatic heterocycles. The quantitative estimate of drug-likeness (QED) is 0.468. The third-order valence-electron chi connectivity index (χ3n) is 4.02. The molecule has 0 aromatic heterocycles. The van der Waals surface area contributed by atoms with Crippen LogP contribution in [0.2, 0.25) is 0 Å². The molecule has 2 aromatic rings. The Morgan fingerprint density at radius 1 is 0.929 bits per heavy atom. The van der Waals surface area contributed by atoms with Gasteiger partial charge in [0.15, 0.2) is 0 Å². The van der Waals surface area contributed by atoms with E-state index >= 15 is 0 Å². The first kappa shape index (κ1) is 21.9. The summed E-state index contributed by atoms with van der Waals surface area (Å²) < 4.78 is 78.0. The van der Waals surface area contributed by atoms with Crippen LogP contribution in [-0.2, 0) is 18.9 Å². The Kier molecular flexibility index (Phi) is 6.22. The number of halogens is 6. The molecule has 0 spiro atoms. The minimum absolute atomic E-state index is 0.0158. The van der Waals surface area contributed by atoms with Gasteiger partial charge in [-0.3, -0.25) is 0 Å². The molecule has 0 heterocycles. The fraction of sp³-hybridized carbons (Fsp3) is 0.278. The van der Waals surface area contributed by atoms with Crippen molar-refractivity contribution in [3.8, 4) is 0 Å². The van der Waals surface area contributed by atoms with Crippen LogP contribution in [0.15, 0.2) is 36.4 Å². The van der Waals surface area contributed by atoms with E-state index in [0.717, 1.165) is 16.7 Å². The van der Waals surface area contributed by atoms with Crippen molar-refractivity contribution >= 4 is 24.5 Å². The topological polar surface area (TPSA) is 32.3 Å². The minimum atomic E-state index is -5.01. The van der Waals surface area contributed by atoms with E-state index in [2.05, 4.69) is 18.1 Å². The number of rotatable bonds is 3. The number of hydrogen-bond donors (Lipinski definition) is 2. The van der Waals surface area contributed by atoms with E-state index in [-0.39, 0.29) is 12.6 Å². The predicted molar refractivity (Wildman–Crippen MR) is 96.1 cm³/mol. The highest BCUT2D eigenvalue weighted by atomic mass is 32.1. The number of carbonyl (C=O) groups is 1. The highest BCUT2D eigenvalue weighted by molar-refractivity contribution is 7.82. The number of amides is 2. The molecule has 2 amide bonds. The van der Waals surface area contributed by atoms with Crippen LogP contribution < -0.4 is 9.62 Å². The van der Waals surface area contributed by atoms with E-state index in [1.807, 2.05) is 26.0 Å². The molecule has 0 radical (unpaired) electrons. The van der Waals surface area contributed by atoms with Gasteiger partial charge in [0.05, 0.1) is 16.8 Å². The first-order valence-electron chi connectivity index (χ1n) is 7.91. The van der Waals surface area contributed by atoms with Gasteiger partial charge in [0.2, 0.25) is 0 Å². The molecule has 0 fully saturated rings. The maximum absolute atomic E-state index is 12.9. The maximum Gasteiger partial charge on any atom is 0.416 e. The number of thiol groups is 1. The van der Waals surface area contributed by atoms with Gasteiger partial charge in [-0.25, -0.2) is 9.10 Å². The van der Waals surface area contributed by atoms with E-state index in [0.29, 0.717) is 16.4 Å². The molecule has 3 nitrogen and oxygen atoms in total. The van der Waals surface area contributed by atoms with Crippen molar-refractivity contribution < 1.29 is 31.1 Å². The molecule has 2 rings (SSSR count).